The molecule has 0 unspecified atom stereocenters. The molecule has 4 rings (SSSR count). The number of amides is 2. The van der Waals surface area contributed by atoms with Crippen molar-refractivity contribution in [1.82, 2.24) is 14.7 Å². The topological polar surface area (TPSA) is 75.5 Å². The molecule has 7 nitrogen and oxygen atoms in total. The Bertz CT molecular complexity index is 978. The SMILES string of the molecule is CN(C(=O)Cn1nc(C(=O)N2CCc3ccccc32)ccc1=O)C1CCCCC1. The maximum absolute atomic E-state index is 13.0. The van der Waals surface area contributed by atoms with E-state index in [1.54, 1.807) is 16.8 Å². The van der Waals surface area contributed by atoms with E-state index in [9.17, 15) is 14.4 Å². The molecule has 2 amide bonds. The van der Waals surface area contributed by atoms with Crippen LogP contribution in [-0.2, 0) is 17.8 Å². The van der Waals surface area contributed by atoms with Gasteiger partial charge in [-0.25, -0.2) is 4.68 Å². The van der Waals surface area contributed by atoms with Crippen LogP contribution in [0.15, 0.2) is 41.2 Å². The molecule has 1 saturated carbocycles. The lowest BCUT2D eigenvalue weighted by molar-refractivity contribution is -0.133. The van der Waals surface area contributed by atoms with Crippen LogP contribution in [0.25, 0.3) is 0 Å². The van der Waals surface area contributed by atoms with Crippen LogP contribution >= 0.6 is 0 Å². The summed E-state index contributed by atoms with van der Waals surface area (Å²) in [5.41, 5.74) is 1.80. The molecule has 2 aromatic rings. The monoisotopic (exact) mass is 394 g/mol. The number of carbonyl (C=O) groups excluding carboxylic acids is 2. The van der Waals surface area contributed by atoms with Gasteiger partial charge in [0.15, 0.2) is 0 Å². The molecule has 29 heavy (non-hydrogen) atoms. The Kier molecular flexibility index (Phi) is 5.47. The molecule has 0 radical (unpaired) electrons. The van der Waals surface area contributed by atoms with Gasteiger partial charge in [0.25, 0.3) is 11.5 Å². The highest BCUT2D eigenvalue weighted by molar-refractivity contribution is 6.05. The highest BCUT2D eigenvalue weighted by atomic mass is 16.2. The molecule has 0 spiro atoms. The lowest BCUT2D eigenvalue weighted by atomic mass is 9.94. The molecule has 0 N–H and O–H groups in total. The van der Waals surface area contributed by atoms with Gasteiger partial charge in [-0.1, -0.05) is 37.5 Å². The quantitative estimate of drug-likeness (QED) is 0.797. The van der Waals surface area contributed by atoms with Gasteiger partial charge in [0.1, 0.15) is 12.2 Å². The van der Waals surface area contributed by atoms with Gasteiger partial charge in [-0.05, 0) is 37.0 Å². The van der Waals surface area contributed by atoms with Crippen molar-refractivity contribution in [3.05, 3.63) is 58.0 Å². The Labute approximate surface area is 169 Å². The van der Waals surface area contributed by atoms with Crippen molar-refractivity contribution in [2.45, 2.75) is 51.1 Å². The summed E-state index contributed by atoms with van der Waals surface area (Å²) in [6, 6.07) is 10.8. The molecular formula is C22H26N4O3. The summed E-state index contributed by atoms with van der Waals surface area (Å²) in [5.74, 6) is -0.403. The Morgan fingerprint density at radius 1 is 1.10 bits per heavy atom. The second kappa shape index (κ2) is 8.19. The third kappa shape index (κ3) is 3.95. The van der Waals surface area contributed by atoms with E-state index in [-0.39, 0.29) is 35.7 Å². The molecule has 1 aromatic heterocycles. The normalized spacial score (nSPS) is 16.5. The van der Waals surface area contributed by atoms with Crippen molar-refractivity contribution in [2.24, 2.45) is 0 Å². The predicted molar refractivity (Wildman–Crippen MR) is 110 cm³/mol. The van der Waals surface area contributed by atoms with Crippen LogP contribution in [0.1, 0.15) is 48.2 Å². The van der Waals surface area contributed by atoms with Crippen LogP contribution in [-0.4, -0.2) is 46.1 Å². The Hall–Kier alpha value is -2.96. The molecule has 2 aliphatic rings. The van der Waals surface area contributed by atoms with Crippen molar-refractivity contribution in [3.8, 4) is 0 Å². The fourth-order valence-electron chi connectivity index (χ4n) is 4.28. The first-order chi connectivity index (χ1) is 14.0. The molecule has 0 atom stereocenters. The zero-order valence-electron chi connectivity index (χ0n) is 16.7. The minimum absolute atomic E-state index is 0.149. The molecule has 1 aliphatic heterocycles. The average Bonchev–Trinajstić information content (AvgIpc) is 3.19. The number of likely N-dealkylation sites (N-methyl/N-ethyl adjacent to an activating group) is 1. The van der Waals surface area contributed by atoms with Crippen LogP contribution in [0.5, 0.6) is 0 Å². The van der Waals surface area contributed by atoms with E-state index in [0.29, 0.717) is 6.54 Å². The summed E-state index contributed by atoms with van der Waals surface area (Å²) >= 11 is 0. The number of anilines is 1. The van der Waals surface area contributed by atoms with Crippen LogP contribution in [0.4, 0.5) is 5.69 Å². The van der Waals surface area contributed by atoms with Gasteiger partial charge in [-0.3, -0.25) is 14.4 Å². The molecule has 0 bridgehead atoms. The third-order valence-electron chi connectivity index (χ3n) is 6.02. The lowest BCUT2D eigenvalue weighted by Crippen LogP contribution is -2.42. The highest BCUT2D eigenvalue weighted by Crippen LogP contribution is 2.28. The third-order valence-corrected chi connectivity index (χ3v) is 6.02. The van der Waals surface area contributed by atoms with E-state index in [1.165, 1.54) is 18.6 Å². The van der Waals surface area contributed by atoms with Gasteiger partial charge in [-0.15, -0.1) is 0 Å². The minimum Gasteiger partial charge on any atom is -0.341 e. The second-order valence-electron chi connectivity index (χ2n) is 7.85. The summed E-state index contributed by atoms with van der Waals surface area (Å²) in [6.45, 7) is 0.436. The average molecular weight is 394 g/mol. The number of fused-ring (bicyclic) bond motifs is 1. The molecule has 7 heteroatoms. The van der Waals surface area contributed by atoms with Crippen molar-refractivity contribution in [3.63, 3.8) is 0 Å². The number of benzene rings is 1. The van der Waals surface area contributed by atoms with E-state index in [2.05, 4.69) is 5.10 Å². The summed E-state index contributed by atoms with van der Waals surface area (Å²) < 4.78 is 1.11. The summed E-state index contributed by atoms with van der Waals surface area (Å²) in [5, 5.41) is 4.22. The molecule has 1 fully saturated rings. The maximum Gasteiger partial charge on any atom is 0.278 e. The Morgan fingerprint density at radius 3 is 2.66 bits per heavy atom. The van der Waals surface area contributed by atoms with Gasteiger partial charge < -0.3 is 9.80 Å². The fourth-order valence-corrected chi connectivity index (χ4v) is 4.28. The maximum atomic E-state index is 13.0. The van der Waals surface area contributed by atoms with Crippen molar-refractivity contribution in [2.75, 3.05) is 18.5 Å². The van der Waals surface area contributed by atoms with Crippen molar-refractivity contribution in [1.29, 1.82) is 0 Å². The van der Waals surface area contributed by atoms with E-state index in [4.69, 9.17) is 0 Å². The number of carbonyl (C=O) groups is 2. The van der Waals surface area contributed by atoms with Crippen molar-refractivity contribution < 1.29 is 9.59 Å². The smallest absolute Gasteiger partial charge is 0.278 e. The zero-order chi connectivity index (χ0) is 20.4. The molecule has 1 aromatic carbocycles. The van der Waals surface area contributed by atoms with Gasteiger partial charge in [-0.2, -0.15) is 5.10 Å². The number of hydrogen-bond acceptors (Lipinski definition) is 4. The first kappa shape index (κ1) is 19.4. The van der Waals surface area contributed by atoms with E-state index in [1.807, 2.05) is 24.3 Å². The number of rotatable bonds is 4. The number of para-hydroxylation sites is 1. The Morgan fingerprint density at radius 2 is 1.86 bits per heavy atom. The molecule has 152 valence electrons. The fraction of sp³-hybridized carbons (Fsp3) is 0.455. The highest BCUT2D eigenvalue weighted by Gasteiger charge is 2.27. The van der Waals surface area contributed by atoms with Gasteiger partial charge in [0, 0.05) is 31.4 Å². The standard InChI is InChI=1S/C22H26N4O3/c1-24(17-8-3-2-4-9-17)21(28)15-26-20(27)12-11-18(23-26)22(29)25-14-13-16-7-5-6-10-19(16)25/h5-7,10-12,17H,2-4,8-9,13-15H2,1H3. The number of aromatic nitrogens is 2. The van der Waals surface area contributed by atoms with Crippen LogP contribution in [0.3, 0.4) is 0 Å². The largest absolute Gasteiger partial charge is 0.341 e. The summed E-state index contributed by atoms with van der Waals surface area (Å²) in [6.07, 6.45) is 6.26. The van der Waals surface area contributed by atoms with E-state index >= 15 is 0 Å². The van der Waals surface area contributed by atoms with Gasteiger partial charge in [0.05, 0.1) is 0 Å². The number of hydrogen-bond donors (Lipinski definition) is 0. The molecule has 1 aliphatic carbocycles. The summed E-state index contributed by atoms with van der Waals surface area (Å²) in [4.78, 5) is 41.4. The lowest BCUT2D eigenvalue weighted by Gasteiger charge is -2.31. The van der Waals surface area contributed by atoms with Crippen molar-refractivity contribution >= 4 is 17.5 Å². The minimum atomic E-state index is -0.381. The van der Waals surface area contributed by atoms with Crippen LogP contribution < -0.4 is 10.5 Å². The van der Waals surface area contributed by atoms with Crippen LogP contribution in [0, 0.1) is 0 Å². The molecule has 2 heterocycles. The first-order valence-corrected chi connectivity index (χ1v) is 10.3. The van der Waals surface area contributed by atoms with E-state index < -0.39 is 0 Å². The first-order valence-electron chi connectivity index (χ1n) is 10.3. The van der Waals surface area contributed by atoms with Gasteiger partial charge >= 0.3 is 0 Å². The predicted octanol–water partition coefficient (Wildman–Crippen LogP) is 2.24. The molecular weight excluding hydrogens is 368 g/mol. The summed E-state index contributed by atoms with van der Waals surface area (Å²) in [7, 11) is 1.79. The zero-order valence-corrected chi connectivity index (χ0v) is 16.7. The van der Waals surface area contributed by atoms with Crippen LogP contribution in [0.2, 0.25) is 0 Å². The van der Waals surface area contributed by atoms with E-state index in [0.717, 1.165) is 48.0 Å². The second-order valence-corrected chi connectivity index (χ2v) is 7.85. The van der Waals surface area contributed by atoms with Gasteiger partial charge in [0.2, 0.25) is 5.91 Å². The Balaban J connectivity index is 1.51. The number of nitrogens with zero attached hydrogens (tertiary/aromatic N) is 4. The molecule has 0 saturated heterocycles.